The Balaban J connectivity index is 3.28. The first-order chi connectivity index (χ1) is 5.52. The van der Waals surface area contributed by atoms with Crippen molar-refractivity contribution in [3.8, 4) is 0 Å². The lowest BCUT2D eigenvalue weighted by molar-refractivity contribution is 0.423. The van der Waals surface area contributed by atoms with Gasteiger partial charge in [-0.25, -0.2) is 4.39 Å². The molecule has 64 valence electrons. The van der Waals surface area contributed by atoms with Crippen LogP contribution in [-0.4, -0.2) is 17.2 Å². The molecule has 0 radical (unpaired) electrons. The molecule has 0 aliphatic carbocycles. The molecule has 0 amide bonds. The Morgan fingerprint density at radius 2 is 2.00 bits per heavy atom. The van der Waals surface area contributed by atoms with Crippen molar-refractivity contribution >= 4 is 51.1 Å². The largest absolute Gasteiger partial charge is 0.491 e. The van der Waals surface area contributed by atoms with Crippen LogP contribution in [0.4, 0.5) is 4.39 Å². The summed E-state index contributed by atoms with van der Waals surface area (Å²) in [5, 5.41) is 17.5. The van der Waals surface area contributed by atoms with Gasteiger partial charge in [0.2, 0.25) is 0 Å². The van der Waals surface area contributed by atoms with Crippen molar-refractivity contribution < 1.29 is 14.4 Å². The molecule has 2 N–H and O–H groups in total. The first kappa shape index (κ1) is 10.4. The third-order valence-electron chi connectivity index (χ3n) is 1.30. The van der Waals surface area contributed by atoms with Gasteiger partial charge in [-0.15, -0.1) is 0 Å². The lowest BCUT2D eigenvalue weighted by Crippen LogP contribution is -2.33. The minimum absolute atomic E-state index is 0.117. The monoisotopic (exact) mass is 344 g/mol. The Morgan fingerprint density at radius 1 is 1.42 bits per heavy atom. The summed E-state index contributed by atoms with van der Waals surface area (Å²) in [6, 6.07) is 2.94. The van der Waals surface area contributed by atoms with Gasteiger partial charge in [-0.3, -0.25) is 0 Å². The van der Waals surface area contributed by atoms with E-state index in [9.17, 15) is 4.39 Å². The van der Waals surface area contributed by atoms with Gasteiger partial charge in [0.25, 0.3) is 0 Å². The summed E-state index contributed by atoms with van der Waals surface area (Å²) in [4.78, 5) is 0. The summed E-state index contributed by atoms with van der Waals surface area (Å²) < 4.78 is 14.0. The molecular formula is C6H4BBrFIO2. The quantitative estimate of drug-likeness (QED) is 0.451. The highest BCUT2D eigenvalue weighted by Gasteiger charge is 2.18. The molecule has 0 atom stereocenters. The van der Waals surface area contributed by atoms with E-state index in [1.54, 1.807) is 6.07 Å². The van der Waals surface area contributed by atoms with Crippen molar-refractivity contribution in [1.29, 1.82) is 0 Å². The average Bonchev–Trinajstić information content (AvgIpc) is 1.96. The fourth-order valence-corrected chi connectivity index (χ4v) is 2.31. The van der Waals surface area contributed by atoms with Gasteiger partial charge < -0.3 is 10.0 Å². The van der Waals surface area contributed by atoms with Crippen LogP contribution in [0.5, 0.6) is 0 Å². The molecule has 0 aromatic heterocycles. The van der Waals surface area contributed by atoms with E-state index in [0.29, 0.717) is 0 Å². The highest BCUT2D eigenvalue weighted by Crippen LogP contribution is 2.16. The summed E-state index contributed by atoms with van der Waals surface area (Å²) >= 11 is 4.93. The van der Waals surface area contributed by atoms with Gasteiger partial charge in [-0.1, -0.05) is 0 Å². The molecule has 1 aromatic rings. The highest BCUT2D eigenvalue weighted by molar-refractivity contribution is 14.1. The fraction of sp³-hybridized carbons (Fsp3) is 0. The molecule has 0 unspecified atom stereocenters. The predicted octanol–water partition coefficient (Wildman–Crippen LogP) is 0.873. The van der Waals surface area contributed by atoms with Crippen molar-refractivity contribution in [2.45, 2.75) is 0 Å². The zero-order valence-corrected chi connectivity index (χ0v) is 9.50. The van der Waals surface area contributed by atoms with E-state index < -0.39 is 12.9 Å². The first-order valence-corrected chi connectivity index (χ1v) is 4.90. The van der Waals surface area contributed by atoms with Crippen LogP contribution in [0, 0.1) is 9.39 Å². The second-order valence-corrected chi connectivity index (χ2v) is 4.26. The van der Waals surface area contributed by atoms with Gasteiger partial charge in [0, 0.05) is 9.03 Å². The molecule has 0 heterocycles. The van der Waals surface area contributed by atoms with Crippen LogP contribution in [0.15, 0.2) is 16.6 Å². The molecular weight excluding hydrogens is 341 g/mol. The Morgan fingerprint density at radius 3 is 2.50 bits per heavy atom. The molecule has 0 aliphatic rings. The van der Waals surface area contributed by atoms with Crippen LogP contribution in [0.25, 0.3) is 0 Å². The average molecular weight is 345 g/mol. The molecule has 0 saturated carbocycles. The summed E-state index contributed by atoms with van der Waals surface area (Å²) in [6.07, 6.45) is 0. The van der Waals surface area contributed by atoms with Crippen LogP contribution in [-0.2, 0) is 0 Å². The standard InChI is InChI=1S/C6H4BBrFIO2/c8-5-2-3(10)1-4(6(5)9)7(11)12/h1-2,11-12H. The van der Waals surface area contributed by atoms with Crippen molar-refractivity contribution in [2.75, 3.05) is 0 Å². The second-order valence-electron chi connectivity index (χ2n) is 2.16. The number of halogens is 3. The lowest BCUT2D eigenvalue weighted by atomic mass is 9.80. The molecule has 1 aromatic carbocycles. The van der Waals surface area contributed by atoms with Gasteiger partial charge in [0.1, 0.15) is 5.82 Å². The van der Waals surface area contributed by atoms with Crippen LogP contribution in [0.2, 0.25) is 0 Å². The van der Waals surface area contributed by atoms with E-state index in [0.717, 1.165) is 3.57 Å². The van der Waals surface area contributed by atoms with Crippen LogP contribution >= 0.6 is 38.5 Å². The van der Waals surface area contributed by atoms with Gasteiger partial charge in [-0.2, -0.15) is 0 Å². The SMILES string of the molecule is OB(O)c1cc(I)cc(Br)c1F. The molecule has 0 aliphatic heterocycles. The molecule has 2 nitrogen and oxygen atoms in total. The fourth-order valence-electron chi connectivity index (χ4n) is 0.764. The lowest BCUT2D eigenvalue weighted by Gasteiger charge is -2.03. The molecule has 0 fully saturated rings. The molecule has 12 heavy (non-hydrogen) atoms. The van der Waals surface area contributed by atoms with Crippen molar-refractivity contribution in [3.05, 3.63) is 26.0 Å². The van der Waals surface area contributed by atoms with Crippen LogP contribution in [0.3, 0.4) is 0 Å². The number of hydrogen-bond donors (Lipinski definition) is 2. The Hall–Kier alpha value is 0.345. The van der Waals surface area contributed by atoms with Gasteiger partial charge >= 0.3 is 7.12 Å². The molecule has 0 saturated heterocycles. The van der Waals surface area contributed by atoms with Gasteiger partial charge in [-0.05, 0) is 50.7 Å². The van der Waals surface area contributed by atoms with E-state index in [1.165, 1.54) is 6.07 Å². The topological polar surface area (TPSA) is 40.5 Å². The van der Waals surface area contributed by atoms with Crippen molar-refractivity contribution in [3.63, 3.8) is 0 Å². The Kier molecular flexibility index (Phi) is 3.51. The van der Waals surface area contributed by atoms with E-state index in [1.807, 2.05) is 22.6 Å². The maximum absolute atomic E-state index is 13.1. The zero-order valence-electron chi connectivity index (χ0n) is 5.76. The van der Waals surface area contributed by atoms with Gasteiger partial charge in [0.05, 0.1) is 4.47 Å². The normalized spacial score (nSPS) is 10.1. The van der Waals surface area contributed by atoms with Crippen LogP contribution in [0.1, 0.15) is 0 Å². The minimum Gasteiger partial charge on any atom is -0.423 e. The third kappa shape index (κ3) is 2.18. The summed E-state index contributed by atoms with van der Waals surface area (Å²) in [5.41, 5.74) is -0.117. The summed E-state index contributed by atoms with van der Waals surface area (Å²) in [6.45, 7) is 0. The van der Waals surface area contributed by atoms with Crippen molar-refractivity contribution in [2.24, 2.45) is 0 Å². The minimum atomic E-state index is -1.77. The highest BCUT2D eigenvalue weighted by atomic mass is 127. The Labute approximate surface area is 91.2 Å². The first-order valence-electron chi connectivity index (χ1n) is 3.03. The third-order valence-corrected chi connectivity index (χ3v) is 2.50. The van der Waals surface area contributed by atoms with E-state index in [2.05, 4.69) is 15.9 Å². The number of rotatable bonds is 1. The van der Waals surface area contributed by atoms with E-state index in [-0.39, 0.29) is 9.94 Å². The van der Waals surface area contributed by atoms with Crippen molar-refractivity contribution in [1.82, 2.24) is 0 Å². The van der Waals surface area contributed by atoms with Gasteiger partial charge in [0.15, 0.2) is 0 Å². The smallest absolute Gasteiger partial charge is 0.423 e. The molecule has 6 heteroatoms. The van der Waals surface area contributed by atoms with E-state index >= 15 is 0 Å². The second kappa shape index (κ2) is 4.04. The van der Waals surface area contributed by atoms with E-state index in [4.69, 9.17) is 10.0 Å². The number of benzene rings is 1. The maximum atomic E-state index is 13.1. The Bertz CT molecular complexity index is 308. The molecule has 1 rings (SSSR count). The molecule has 0 bridgehead atoms. The summed E-state index contributed by atoms with van der Waals surface area (Å²) in [7, 11) is -1.77. The zero-order chi connectivity index (χ0) is 9.30. The molecule has 0 spiro atoms. The number of hydrogen-bond acceptors (Lipinski definition) is 2. The summed E-state index contributed by atoms with van der Waals surface area (Å²) in [5.74, 6) is -0.634. The predicted molar refractivity (Wildman–Crippen MR) is 56.6 cm³/mol. The van der Waals surface area contributed by atoms with Crippen LogP contribution < -0.4 is 5.46 Å². The maximum Gasteiger partial charge on any atom is 0.491 e.